The highest BCUT2D eigenvalue weighted by atomic mass is 19.1. The Kier molecular flexibility index (Phi) is 9.12. The van der Waals surface area contributed by atoms with Gasteiger partial charge in [0.1, 0.15) is 17.4 Å². The van der Waals surface area contributed by atoms with E-state index in [1.807, 2.05) is 12.1 Å². The van der Waals surface area contributed by atoms with Crippen molar-refractivity contribution < 1.29 is 18.3 Å². The molecule has 2 aromatic rings. The molecule has 4 rings (SSSR count). The van der Waals surface area contributed by atoms with Crippen molar-refractivity contribution in [3.63, 3.8) is 0 Å². The monoisotopic (exact) mass is 492 g/mol. The van der Waals surface area contributed by atoms with Crippen LogP contribution in [-0.4, -0.2) is 5.97 Å². The highest BCUT2D eigenvalue weighted by Gasteiger charge is 2.35. The lowest BCUT2D eigenvalue weighted by molar-refractivity contribution is 0.0733. The molecular formula is C32H38F2O2. The number of carbonyl (C=O) groups is 1. The summed E-state index contributed by atoms with van der Waals surface area (Å²) >= 11 is 0. The van der Waals surface area contributed by atoms with E-state index < -0.39 is 17.6 Å². The third-order valence-electron chi connectivity index (χ3n) is 8.24. The molecule has 0 bridgehead atoms. The van der Waals surface area contributed by atoms with Crippen molar-refractivity contribution >= 4 is 5.97 Å². The fourth-order valence-electron chi connectivity index (χ4n) is 6.23. The molecule has 2 aliphatic carbocycles. The zero-order valence-corrected chi connectivity index (χ0v) is 21.4. The van der Waals surface area contributed by atoms with E-state index in [-0.39, 0.29) is 17.7 Å². The van der Waals surface area contributed by atoms with Crippen LogP contribution in [0.5, 0.6) is 5.75 Å². The van der Waals surface area contributed by atoms with E-state index in [9.17, 15) is 13.6 Å². The van der Waals surface area contributed by atoms with Crippen LogP contribution < -0.4 is 4.74 Å². The van der Waals surface area contributed by atoms with E-state index in [0.29, 0.717) is 17.9 Å². The minimum atomic E-state index is -0.711. The molecule has 0 radical (unpaired) electrons. The SMILES string of the molecule is C=CCCc1c(F)cc(OC(=O)c2ccc(C3CCC4CC(CC/C=C/C)CCC4C3)cc2)cc1F. The largest absolute Gasteiger partial charge is 0.423 e. The number of halogens is 2. The molecule has 2 aromatic carbocycles. The summed E-state index contributed by atoms with van der Waals surface area (Å²) in [4.78, 5) is 12.6. The summed E-state index contributed by atoms with van der Waals surface area (Å²) in [7, 11) is 0. The van der Waals surface area contributed by atoms with Gasteiger partial charge in [-0.05, 0) is 106 Å². The van der Waals surface area contributed by atoms with E-state index in [4.69, 9.17) is 4.74 Å². The van der Waals surface area contributed by atoms with Crippen LogP contribution >= 0.6 is 0 Å². The van der Waals surface area contributed by atoms with Gasteiger partial charge in [-0.2, -0.15) is 0 Å². The standard InChI is InChI=1S/C32H38F2O2/c1-3-5-7-8-22-10-11-27-19-26(17-16-25(27)18-22)23-12-14-24(15-13-23)32(35)36-28-20-30(33)29(9-6-4-2)31(34)21-28/h3-5,12-15,20-22,25-27H,2,6-11,16-19H2,1H3/b5-3+. The van der Waals surface area contributed by atoms with Gasteiger partial charge in [0.15, 0.2) is 0 Å². The Labute approximate surface area is 214 Å². The number of rotatable bonds is 9. The molecule has 0 aromatic heterocycles. The van der Waals surface area contributed by atoms with Crippen LogP contribution in [0.2, 0.25) is 0 Å². The van der Waals surface area contributed by atoms with Gasteiger partial charge in [-0.25, -0.2) is 13.6 Å². The molecule has 0 saturated heterocycles. The third-order valence-corrected chi connectivity index (χ3v) is 8.24. The predicted octanol–water partition coefficient (Wildman–Crippen LogP) is 8.96. The van der Waals surface area contributed by atoms with Gasteiger partial charge in [0.05, 0.1) is 5.56 Å². The summed E-state index contributed by atoms with van der Waals surface area (Å²) in [5.41, 5.74) is 1.63. The van der Waals surface area contributed by atoms with Crippen molar-refractivity contribution in [1.82, 2.24) is 0 Å². The second-order valence-electron chi connectivity index (χ2n) is 10.6. The van der Waals surface area contributed by atoms with Gasteiger partial charge in [-0.15, -0.1) is 6.58 Å². The number of fused-ring (bicyclic) bond motifs is 1. The van der Waals surface area contributed by atoms with Gasteiger partial charge in [0, 0.05) is 17.7 Å². The first-order valence-electron chi connectivity index (χ1n) is 13.5. The van der Waals surface area contributed by atoms with E-state index in [1.54, 1.807) is 18.2 Å². The normalized spacial score (nSPS) is 23.9. The van der Waals surface area contributed by atoms with Gasteiger partial charge < -0.3 is 4.74 Å². The number of benzene rings is 2. The minimum Gasteiger partial charge on any atom is -0.423 e. The first-order valence-corrected chi connectivity index (χ1v) is 13.5. The zero-order chi connectivity index (χ0) is 25.5. The fourth-order valence-corrected chi connectivity index (χ4v) is 6.23. The lowest BCUT2D eigenvalue weighted by Gasteiger charge is -2.42. The molecule has 0 aliphatic heterocycles. The molecule has 4 unspecified atom stereocenters. The third kappa shape index (κ3) is 6.52. The van der Waals surface area contributed by atoms with E-state index in [1.165, 1.54) is 56.9 Å². The maximum Gasteiger partial charge on any atom is 0.343 e. The van der Waals surface area contributed by atoms with Crippen molar-refractivity contribution in [2.45, 2.75) is 77.0 Å². The number of hydrogen-bond donors (Lipinski definition) is 0. The maximum atomic E-state index is 14.3. The Balaban J connectivity index is 1.32. The van der Waals surface area contributed by atoms with Crippen LogP contribution in [0.15, 0.2) is 61.2 Å². The summed E-state index contributed by atoms with van der Waals surface area (Å²) in [5.74, 6) is 0.932. The number of carbonyl (C=O) groups excluding carboxylic acids is 1. The Bertz CT molecular complexity index is 1050. The molecule has 192 valence electrons. The summed E-state index contributed by atoms with van der Waals surface area (Å²) in [6.45, 7) is 5.67. The van der Waals surface area contributed by atoms with Crippen molar-refractivity contribution in [2.75, 3.05) is 0 Å². The Morgan fingerprint density at radius 2 is 1.69 bits per heavy atom. The molecule has 0 amide bonds. The number of ether oxygens (including phenoxy) is 1. The van der Waals surface area contributed by atoms with Gasteiger partial charge in [0.25, 0.3) is 0 Å². The molecule has 36 heavy (non-hydrogen) atoms. The van der Waals surface area contributed by atoms with Crippen molar-refractivity contribution in [3.05, 3.63) is 89.5 Å². The van der Waals surface area contributed by atoms with Crippen LogP contribution in [0.4, 0.5) is 8.78 Å². The van der Waals surface area contributed by atoms with Gasteiger partial charge >= 0.3 is 5.97 Å². The van der Waals surface area contributed by atoms with Crippen LogP contribution in [0.3, 0.4) is 0 Å². The van der Waals surface area contributed by atoms with E-state index in [0.717, 1.165) is 29.9 Å². The Morgan fingerprint density at radius 3 is 2.39 bits per heavy atom. The molecule has 4 heteroatoms. The maximum absolute atomic E-state index is 14.3. The second kappa shape index (κ2) is 12.5. The quantitative estimate of drug-likeness (QED) is 0.198. The van der Waals surface area contributed by atoms with Gasteiger partial charge in [0.2, 0.25) is 0 Å². The molecule has 2 aliphatic rings. The summed E-state index contributed by atoms with van der Waals surface area (Å²) < 4.78 is 33.9. The molecule has 2 saturated carbocycles. The lowest BCUT2D eigenvalue weighted by atomic mass is 9.63. The van der Waals surface area contributed by atoms with Crippen LogP contribution in [0.25, 0.3) is 0 Å². The van der Waals surface area contributed by atoms with E-state index >= 15 is 0 Å². The first-order chi connectivity index (χ1) is 17.5. The molecule has 2 nitrogen and oxygen atoms in total. The first kappa shape index (κ1) is 26.3. The predicted molar refractivity (Wildman–Crippen MR) is 141 cm³/mol. The smallest absolute Gasteiger partial charge is 0.343 e. The topological polar surface area (TPSA) is 26.3 Å². The van der Waals surface area contributed by atoms with Crippen LogP contribution in [0.1, 0.15) is 92.1 Å². The highest BCUT2D eigenvalue weighted by Crippen LogP contribution is 2.48. The number of esters is 1. The molecule has 4 atom stereocenters. The van der Waals surface area contributed by atoms with Crippen LogP contribution in [-0.2, 0) is 6.42 Å². The average molecular weight is 493 g/mol. The summed E-state index contributed by atoms with van der Waals surface area (Å²) in [6, 6.07) is 9.72. The Hall–Kier alpha value is -2.75. The van der Waals surface area contributed by atoms with Crippen molar-refractivity contribution in [1.29, 1.82) is 0 Å². The van der Waals surface area contributed by atoms with E-state index in [2.05, 4.69) is 25.7 Å². The minimum absolute atomic E-state index is 0.0177. The van der Waals surface area contributed by atoms with Gasteiger partial charge in [-0.3, -0.25) is 0 Å². The highest BCUT2D eigenvalue weighted by molar-refractivity contribution is 5.91. The van der Waals surface area contributed by atoms with Crippen molar-refractivity contribution in [2.24, 2.45) is 17.8 Å². The molecule has 2 fully saturated rings. The number of hydrogen-bond acceptors (Lipinski definition) is 2. The zero-order valence-electron chi connectivity index (χ0n) is 21.4. The van der Waals surface area contributed by atoms with Crippen molar-refractivity contribution in [3.8, 4) is 5.75 Å². The van der Waals surface area contributed by atoms with Gasteiger partial charge in [-0.1, -0.05) is 36.8 Å². The Morgan fingerprint density at radius 1 is 1.00 bits per heavy atom. The lowest BCUT2D eigenvalue weighted by Crippen LogP contribution is -2.30. The number of allylic oxidation sites excluding steroid dienone is 3. The molecule has 0 spiro atoms. The van der Waals surface area contributed by atoms with Crippen LogP contribution in [0, 0.1) is 29.4 Å². The second-order valence-corrected chi connectivity index (χ2v) is 10.6. The average Bonchev–Trinajstić information content (AvgIpc) is 2.88. The summed E-state index contributed by atoms with van der Waals surface area (Å²) in [5, 5.41) is 0. The molecule has 0 heterocycles. The molecular weight excluding hydrogens is 454 g/mol. The molecule has 0 N–H and O–H groups in total. The summed E-state index contributed by atoms with van der Waals surface area (Å²) in [6.07, 6.45) is 17.1. The fraction of sp³-hybridized carbons (Fsp3) is 0.469.